The van der Waals surface area contributed by atoms with E-state index < -0.39 is 11.9 Å². The summed E-state index contributed by atoms with van der Waals surface area (Å²) in [5.41, 5.74) is 4.97. The molecule has 268 valence electrons. The summed E-state index contributed by atoms with van der Waals surface area (Å²) in [5, 5.41) is 0. The number of benzene rings is 3. The molecule has 3 aromatic carbocycles. The summed E-state index contributed by atoms with van der Waals surface area (Å²) in [6, 6.07) is 22.9. The number of carbonyl (C=O) groups excluding carboxylic acids is 2. The number of esters is 2. The number of methoxy groups -OCH3 is 3. The van der Waals surface area contributed by atoms with Crippen molar-refractivity contribution in [2.45, 2.75) is 38.0 Å². The van der Waals surface area contributed by atoms with Gasteiger partial charge in [-0.15, -0.1) is 0 Å². The fourth-order valence-corrected chi connectivity index (χ4v) is 7.26. The van der Waals surface area contributed by atoms with Crippen LogP contribution in [0.15, 0.2) is 78.9 Å². The van der Waals surface area contributed by atoms with Gasteiger partial charge in [0, 0.05) is 42.5 Å². The number of rotatable bonds is 15. The maximum absolute atomic E-state index is 12.5. The summed E-state index contributed by atoms with van der Waals surface area (Å²) in [6.45, 7) is 5.23. The Balaban J connectivity index is 1.12. The number of likely N-dealkylation sites (N-methyl/N-ethyl adjacent to an activating group) is 2. The molecule has 0 aliphatic carbocycles. The number of quaternary nitrogens is 2. The monoisotopic (exact) mass is 688 g/mol. The second-order valence-electron chi connectivity index (χ2n) is 13.8. The molecule has 2 aliphatic rings. The Morgan fingerprint density at radius 2 is 1.54 bits per heavy atom. The molecular formula is C40H52N2O8+2. The fourth-order valence-electron chi connectivity index (χ4n) is 7.26. The molecule has 50 heavy (non-hydrogen) atoms. The van der Waals surface area contributed by atoms with Gasteiger partial charge in [-0.2, -0.15) is 0 Å². The van der Waals surface area contributed by atoms with E-state index in [9.17, 15) is 9.59 Å². The van der Waals surface area contributed by atoms with E-state index in [0.717, 1.165) is 78.2 Å². The second-order valence-corrected chi connectivity index (χ2v) is 13.8. The van der Waals surface area contributed by atoms with E-state index in [1.807, 2.05) is 30.3 Å². The van der Waals surface area contributed by atoms with Crippen molar-refractivity contribution in [1.82, 2.24) is 0 Å². The highest BCUT2D eigenvalue weighted by Gasteiger charge is 2.40. The van der Waals surface area contributed by atoms with Crippen LogP contribution in [0.1, 0.15) is 34.7 Å². The Bertz CT molecular complexity index is 1610. The minimum Gasteiger partial charge on any atom is -0.497 e. The Morgan fingerprint density at radius 3 is 2.24 bits per heavy atom. The van der Waals surface area contributed by atoms with Crippen molar-refractivity contribution in [1.29, 1.82) is 0 Å². The van der Waals surface area contributed by atoms with Crippen LogP contribution in [0.3, 0.4) is 0 Å². The molecule has 0 N–H and O–H groups in total. The zero-order valence-corrected chi connectivity index (χ0v) is 30.1. The summed E-state index contributed by atoms with van der Waals surface area (Å²) in [7, 11) is 9.46. The van der Waals surface area contributed by atoms with Crippen molar-refractivity contribution in [2.24, 2.45) is 0 Å². The van der Waals surface area contributed by atoms with Gasteiger partial charge in [0.25, 0.3) is 0 Å². The first-order valence-electron chi connectivity index (χ1n) is 17.4. The molecule has 10 heteroatoms. The molecule has 0 aromatic heterocycles. The first-order valence-corrected chi connectivity index (χ1v) is 17.4. The van der Waals surface area contributed by atoms with Crippen LogP contribution in [-0.2, 0) is 43.2 Å². The van der Waals surface area contributed by atoms with Crippen molar-refractivity contribution in [3.63, 3.8) is 0 Å². The number of nitrogens with zero attached hydrogens (tertiary/aromatic N) is 2. The largest absolute Gasteiger partial charge is 0.497 e. The van der Waals surface area contributed by atoms with Crippen LogP contribution >= 0.6 is 0 Å². The van der Waals surface area contributed by atoms with E-state index in [0.29, 0.717) is 18.8 Å². The number of carbonyl (C=O) groups is 2. The predicted molar refractivity (Wildman–Crippen MR) is 190 cm³/mol. The Labute approximate surface area is 296 Å². The Kier molecular flexibility index (Phi) is 12.6. The van der Waals surface area contributed by atoms with Gasteiger partial charge in [0.15, 0.2) is 11.5 Å². The molecule has 2 heterocycles. The second kappa shape index (κ2) is 17.0. The molecule has 1 saturated heterocycles. The lowest BCUT2D eigenvalue weighted by atomic mass is 9.86. The van der Waals surface area contributed by atoms with Crippen molar-refractivity contribution >= 4 is 11.9 Å². The van der Waals surface area contributed by atoms with Gasteiger partial charge in [0.05, 0.1) is 61.7 Å². The van der Waals surface area contributed by atoms with E-state index in [-0.39, 0.29) is 25.4 Å². The van der Waals surface area contributed by atoms with Crippen LogP contribution in [0.4, 0.5) is 0 Å². The van der Waals surface area contributed by atoms with E-state index in [1.165, 1.54) is 22.3 Å². The third-order valence-electron chi connectivity index (χ3n) is 10.1. The van der Waals surface area contributed by atoms with Crippen LogP contribution in [-0.4, -0.2) is 108 Å². The minimum atomic E-state index is -0.591. The first-order chi connectivity index (χ1) is 24.1. The third-order valence-corrected chi connectivity index (χ3v) is 10.1. The van der Waals surface area contributed by atoms with Gasteiger partial charge in [-0.25, -0.2) is 9.59 Å². The first kappa shape index (κ1) is 36.9. The van der Waals surface area contributed by atoms with Crippen molar-refractivity contribution in [3.05, 3.63) is 101 Å². The number of hydrogen-bond donors (Lipinski definition) is 0. The highest BCUT2D eigenvalue weighted by atomic mass is 16.6. The molecular weight excluding hydrogens is 636 g/mol. The topological polar surface area (TPSA) is 89.5 Å². The summed E-state index contributed by atoms with van der Waals surface area (Å²) >= 11 is 0. The average molecular weight is 689 g/mol. The Hall–Kier alpha value is -4.38. The SMILES string of the molecule is COc1ccc(CC2c3cc(OC)c(OC)cc3CC[N+]2(C)CCCOC(=O)C=CC(=O)OCC2C[N+](C)(Cc3ccccc3)CCO2)cc1. The standard InChI is InChI=1S/C40H52N2O8/c1-41(27-31-10-7-6-8-11-31)21-23-48-34(28-41)29-50-40(44)17-16-39(43)49-22-9-19-42(2)20-18-32-25-37(46-4)38(47-5)26-35(32)36(42)24-30-12-14-33(45-3)15-13-30/h6-8,10-17,25-26,34,36H,9,18-24,27-29H2,1-5H3/q+2. The van der Waals surface area contributed by atoms with Crippen LogP contribution < -0.4 is 14.2 Å². The summed E-state index contributed by atoms with van der Waals surface area (Å²) < 4.78 is 35.1. The van der Waals surface area contributed by atoms with Gasteiger partial charge in [-0.1, -0.05) is 42.5 Å². The maximum Gasteiger partial charge on any atom is 0.331 e. The fraction of sp³-hybridized carbons (Fsp3) is 0.450. The number of fused-ring (bicyclic) bond motifs is 1. The smallest absolute Gasteiger partial charge is 0.331 e. The van der Waals surface area contributed by atoms with Gasteiger partial charge in [-0.05, 0) is 35.4 Å². The highest BCUT2D eigenvalue weighted by Crippen LogP contribution is 2.42. The molecule has 0 saturated carbocycles. The lowest BCUT2D eigenvalue weighted by Gasteiger charge is -2.46. The molecule has 0 amide bonds. The molecule has 2 aliphatic heterocycles. The third kappa shape index (κ3) is 9.65. The van der Waals surface area contributed by atoms with Crippen LogP contribution in [0.25, 0.3) is 0 Å². The van der Waals surface area contributed by atoms with Crippen molar-refractivity contribution in [2.75, 3.05) is 81.4 Å². The molecule has 4 unspecified atom stereocenters. The van der Waals surface area contributed by atoms with Gasteiger partial charge < -0.3 is 37.4 Å². The summed E-state index contributed by atoms with van der Waals surface area (Å²) in [5.74, 6) is 1.11. The number of morpholine rings is 1. The molecule has 5 rings (SSSR count). The lowest BCUT2D eigenvalue weighted by Crippen LogP contribution is -2.55. The molecule has 4 atom stereocenters. The summed E-state index contributed by atoms with van der Waals surface area (Å²) in [6.07, 6.45) is 4.45. The van der Waals surface area contributed by atoms with Crippen LogP contribution in [0, 0.1) is 0 Å². The predicted octanol–water partition coefficient (Wildman–Crippen LogP) is 5.08. The van der Waals surface area contributed by atoms with Crippen LogP contribution in [0.2, 0.25) is 0 Å². The van der Waals surface area contributed by atoms with Gasteiger partial charge in [0.1, 0.15) is 44.1 Å². The zero-order valence-electron chi connectivity index (χ0n) is 30.1. The van der Waals surface area contributed by atoms with Gasteiger partial charge >= 0.3 is 11.9 Å². The molecule has 0 bridgehead atoms. The van der Waals surface area contributed by atoms with Gasteiger partial charge in [-0.3, -0.25) is 0 Å². The molecule has 0 radical (unpaired) electrons. The lowest BCUT2D eigenvalue weighted by molar-refractivity contribution is -0.941. The molecule has 10 nitrogen and oxygen atoms in total. The summed E-state index contributed by atoms with van der Waals surface area (Å²) in [4.78, 5) is 24.9. The maximum atomic E-state index is 12.5. The minimum absolute atomic E-state index is 0.136. The molecule has 1 fully saturated rings. The van der Waals surface area contributed by atoms with Crippen molar-refractivity contribution in [3.8, 4) is 17.2 Å². The number of ether oxygens (including phenoxy) is 6. The molecule has 3 aromatic rings. The zero-order chi connectivity index (χ0) is 35.6. The highest BCUT2D eigenvalue weighted by molar-refractivity contribution is 5.91. The van der Waals surface area contributed by atoms with E-state index in [2.05, 4.69) is 50.5 Å². The quantitative estimate of drug-likeness (QED) is 0.0947. The van der Waals surface area contributed by atoms with E-state index in [1.54, 1.807) is 21.3 Å². The number of hydrogen-bond acceptors (Lipinski definition) is 8. The normalized spacial score (nSPS) is 23.1. The van der Waals surface area contributed by atoms with E-state index >= 15 is 0 Å². The van der Waals surface area contributed by atoms with Crippen LogP contribution in [0.5, 0.6) is 17.2 Å². The molecule has 0 spiro atoms. The van der Waals surface area contributed by atoms with Gasteiger partial charge in [0.2, 0.25) is 0 Å². The Morgan fingerprint density at radius 1 is 0.840 bits per heavy atom. The van der Waals surface area contributed by atoms with Crippen molar-refractivity contribution < 1.29 is 47.0 Å². The van der Waals surface area contributed by atoms with E-state index in [4.69, 9.17) is 28.4 Å². The average Bonchev–Trinajstić information content (AvgIpc) is 3.13.